The quantitative estimate of drug-likeness (QED) is 0.128. The normalized spacial score (nSPS) is 11.4. The van der Waals surface area contributed by atoms with Gasteiger partial charge in [-0.1, -0.05) is 69.0 Å². The molecule has 0 saturated heterocycles. The number of unbranched alkanes of at least 4 members (excludes halogenated alkanes) is 4. The van der Waals surface area contributed by atoms with Gasteiger partial charge in [-0.25, -0.2) is 22.0 Å². The lowest BCUT2D eigenvalue weighted by molar-refractivity contribution is 0.507. The molecule has 0 bridgehead atoms. The van der Waals surface area contributed by atoms with E-state index < -0.39 is 23.3 Å². The lowest BCUT2D eigenvalue weighted by Crippen LogP contribution is -2.02. The maximum atomic E-state index is 15.2. The van der Waals surface area contributed by atoms with Gasteiger partial charge in [0.05, 0.1) is 0 Å². The first-order valence-corrected chi connectivity index (χ1v) is 13.5. The van der Waals surface area contributed by atoms with Crippen LogP contribution in [0.1, 0.15) is 66.8 Å². The van der Waals surface area contributed by atoms with Gasteiger partial charge in [0, 0.05) is 10.9 Å². The van der Waals surface area contributed by atoms with E-state index in [0.29, 0.717) is 53.1 Å². The fourth-order valence-electron chi connectivity index (χ4n) is 4.95. The summed E-state index contributed by atoms with van der Waals surface area (Å²) in [6.45, 7) is 2.15. The van der Waals surface area contributed by atoms with Gasteiger partial charge in [-0.2, -0.15) is 0 Å². The van der Waals surface area contributed by atoms with Crippen LogP contribution >= 0.6 is 0 Å². The minimum absolute atomic E-state index is 0.0820. The first-order chi connectivity index (χ1) is 18.4. The van der Waals surface area contributed by atoms with Crippen LogP contribution in [0.25, 0.3) is 10.8 Å². The first kappa shape index (κ1) is 27.8. The van der Waals surface area contributed by atoms with Gasteiger partial charge in [0.1, 0.15) is 17.5 Å². The van der Waals surface area contributed by atoms with Crippen molar-refractivity contribution >= 4 is 10.8 Å². The Kier molecular flexibility index (Phi) is 9.54. The summed E-state index contributed by atoms with van der Waals surface area (Å²) in [4.78, 5) is 0. The largest absolute Gasteiger partial charge is 0.207 e. The van der Waals surface area contributed by atoms with Crippen LogP contribution < -0.4 is 0 Å². The fourth-order valence-corrected chi connectivity index (χ4v) is 4.95. The summed E-state index contributed by atoms with van der Waals surface area (Å²) in [6, 6.07) is 15.4. The van der Waals surface area contributed by atoms with Crippen molar-refractivity contribution in [3.63, 3.8) is 0 Å². The molecule has 0 aliphatic heterocycles. The molecule has 200 valence electrons. The topological polar surface area (TPSA) is 0 Å². The second-order valence-electron chi connectivity index (χ2n) is 10.0. The van der Waals surface area contributed by atoms with Crippen LogP contribution in [-0.4, -0.2) is 0 Å². The molecule has 4 aromatic carbocycles. The van der Waals surface area contributed by atoms with Crippen LogP contribution in [0, 0.1) is 29.1 Å². The van der Waals surface area contributed by atoms with Crippen molar-refractivity contribution in [2.45, 2.75) is 71.1 Å². The van der Waals surface area contributed by atoms with Crippen LogP contribution in [0.3, 0.4) is 0 Å². The molecule has 0 radical (unpaired) electrons. The summed E-state index contributed by atoms with van der Waals surface area (Å²) in [5.41, 5.74) is 2.73. The highest BCUT2D eigenvalue weighted by molar-refractivity contribution is 5.84. The Morgan fingerprint density at radius 1 is 0.500 bits per heavy atom. The molecule has 4 rings (SSSR count). The van der Waals surface area contributed by atoms with E-state index in [4.69, 9.17) is 0 Å². The van der Waals surface area contributed by atoms with Crippen molar-refractivity contribution in [2.75, 3.05) is 0 Å². The zero-order chi connectivity index (χ0) is 27.1. The highest BCUT2D eigenvalue weighted by Crippen LogP contribution is 2.26. The van der Waals surface area contributed by atoms with Crippen LogP contribution in [0.15, 0.2) is 60.7 Å². The maximum absolute atomic E-state index is 15.2. The van der Waals surface area contributed by atoms with Gasteiger partial charge in [-0.05, 0) is 90.4 Å². The summed E-state index contributed by atoms with van der Waals surface area (Å²) >= 11 is 0. The maximum Gasteiger partial charge on any atom is 0.159 e. The van der Waals surface area contributed by atoms with Crippen LogP contribution in [0.4, 0.5) is 22.0 Å². The number of hydrogen-bond acceptors (Lipinski definition) is 0. The average molecular weight is 525 g/mol. The summed E-state index contributed by atoms with van der Waals surface area (Å²) in [6.07, 6.45) is 7.54. The molecule has 0 aromatic heterocycles. The molecule has 0 nitrogen and oxygen atoms in total. The number of aryl methyl sites for hydroxylation is 4. The number of hydrogen-bond donors (Lipinski definition) is 0. The Hall–Kier alpha value is -3.21. The van der Waals surface area contributed by atoms with Crippen molar-refractivity contribution in [3.05, 3.63) is 118 Å². The Labute approximate surface area is 221 Å². The van der Waals surface area contributed by atoms with Crippen molar-refractivity contribution in [1.29, 1.82) is 0 Å². The lowest BCUT2D eigenvalue weighted by atomic mass is 9.96. The predicted octanol–water partition coefficient (Wildman–Crippen LogP) is 9.62. The average Bonchev–Trinajstić information content (AvgIpc) is 2.89. The molecular weight excluding hydrogens is 491 g/mol. The van der Waals surface area contributed by atoms with Crippen LogP contribution in [0.2, 0.25) is 0 Å². The molecule has 0 aliphatic carbocycles. The first-order valence-electron chi connectivity index (χ1n) is 13.5. The zero-order valence-electron chi connectivity index (χ0n) is 21.7. The molecule has 0 spiro atoms. The number of rotatable bonds is 12. The smallest absolute Gasteiger partial charge is 0.159 e. The second kappa shape index (κ2) is 13.0. The van der Waals surface area contributed by atoms with Gasteiger partial charge in [-0.15, -0.1) is 0 Å². The summed E-state index contributed by atoms with van der Waals surface area (Å²) in [7, 11) is 0. The monoisotopic (exact) mass is 524 g/mol. The number of halogens is 5. The molecule has 5 heteroatoms. The molecule has 38 heavy (non-hydrogen) atoms. The molecule has 0 atom stereocenters. The van der Waals surface area contributed by atoms with E-state index in [2.05, 4.69) is 6.92 Å². The van der Waals surface area contributed by atoms with E-state index in [-0.39, 0.29) is 17.8 Å². The van der Waals surface area contributed by atoms with Gasteiger partial charge >= 0.3 is 0 Å². The molecule has 0 unspecified atom stereocenters. The van der Waals surface area contributed by atoms with Gasteiger partial charge < -0.3 is 0 Å². The molecule has 0 aliphatic rings. The molecule has 0 heterocycles. The summed E-state index contributed by atoms with van der Waals surface area (Å²) in [5, 5.41) is 1.16. The molecule has 0 saturated carbocycles. The van der Waals surface area contributed by atoms with Crippen LogP contribution in [-0.2, 0) is 32.1 Å². The van der Waals surface area contributed by atoms with Crippen molar-refractivity contribution in [3.8, 4) is 0 Å². The Morgan fingerprint density at radius 3 is 1.89 bits per heavy atom. The van der Waals surface area contributed by atoms with Gasteiger partial charge in [0.15, 0.2) is 11.6 Å². The van der Waals surface area contributed by atoms with Crippen LogP contribution in [0.5, 0.6) is 0 Å². The molecule has 0 fully saturated rings. The van der Waals surface area contributed by atoms with Gasteiger partial charge in [0.25, 0.3) is 0 Å². The molecule has 0 amide bonds. The van der Waals surface area contributed by atoms with E-state index in [0.717, 1.165) is 43.4 Å². The van der Waals surface area contributed by atoms with E-state index >= 15 is 4.39 Å². The second-order valence-corrected chi connectivity index (χ2v) is 10.0. The Morgan fingerprint density at radius 2 is 1.16 bits per heavy atom. The number of benzene rings is 4. The third-order valence-electron chi connectivity index (χ3n) is 7.20. The Balaban J connectivity index is 1.39. The molecule has 0 N–H and O–H groups in total. The standard InChI is InChI=1S/C33H33F5/c1-2-3-4-5-6-7-24-20-30(35)28(31(36)21-24)16-10-22-9-15-27-26(18-22)14-13-25(33(27)38)12-8-23-11-17-29(34)32(37)19-23/h9,11,13-15,17-21H,2-8,10,12,16H2,1H3. The highest BCUT2D eigenvalue weighted by Gasteiger charge is 2.13. The van der Waals surface area contributed by atoms with E-state index in [1.807, 2.05) is 12.1 Å². The fraction of sp³-hybridized carbons (Fsp3) is 0.333. The minimum atomic E-state index is -0.914. The minimum Gasteiger partial charge on any atom is -0.207 e. The van der Waals surface area contributed by atoms with Gasteiger partial charge in [0.2, 0.25) is 0 Å². The third kappa shape index (κ3) is 7.00. The lowest BCUT2D eigenvalue weighted by Gasteiger charge is -2.11. The Bertz CT molecular complexity index is 1370. The molecular formula is C33H33F5. The number of fused-ring (bicyclic) bond motifs is 1. The molecule has 4 aromatic rings. The third-order valence-corrected chi connectivity index (χ3v) is 7.20. The van der Waals surface area contributed by atoms with E-state index in [1.165, 1.54) is 24.6 Å². The van der Waals surface area contributed by atoms with E-state index in [9.17, 15) is 17.6 Å². The van der Waals surface area contributed by atoms with Crippen molar-refractivity contribution < 1.29 is 22.0 Å². The highest BCUT2D eigenvalue weighted by atomic mass is 19.2. The van der Waals surface area contributed by atoms with Crippen molar-refractivity contribution in [2.24, 2.45) is 0 Å². The van der Waals surface area contributed by atoms with E-state index in [1.54, 1.807) is 18.2 Å². The predicted molar refractivity (Wildman–Crippen MR) is 144 cm³/mol. The van der Waals surface area contributed by atoms with Crippen molar-refractivity contribution in [1.82, 2.24) is 0 Å². The summed E-state index contributed by atoms with van der Waals surface area (Å²) in [5.74, 6) is -3.18. The van der Waals surface area contributed by atoms with Gasteiger partial charge in [-0.3, -0.25) is 0 Å². The SMILES string of the molecule is CCCCCCCc1cc(F)c(CCc2ccc3c(F)c(CCc4ccc(F)c(F)c4)ccc3c2)c(F)c1. The zero-order valence-corrected chi connectivity index (χ0v) is 21.7. The summed E-state index contributed by atoms with van der Waals surface area (Å²) < 4.78 is 71.2.